The molecule has 1 heterocycles. The average molecular weight is 341 g/mol. The van der Waals surface area contributed by atoms with Gasteiger partial charge in [0.25, 0.3) is 0 Å². The minimum absolute atomic E-state index is 0.180. The number of carbonyl (C=O) groups is 2. The Morgan fingerprint density at radius 3 is 2.23 bits per heavy atom. The summed E-state index contributed by atoms with van der Waals surface area (Å²) in [5, 5.41) is 8.17. The van der Waals surface area contributed by atoms with E-state index in [1.165, 1.54) is 0 Å². The molecule has 0 fully saturated rings. The van der Waals surface area contributed by atoms with Crippen molar-refractivity contribution in [3.8, 4) is 0 Å². The first-order chi connectivity index (χ1) is 12.7. The molecule has 0 amide bonds. The van der Waals surface area contributed by atoms with Gasteiger partial charge in [-0.05, 0) is 17.7 Å². The zero-order valence-electron chi connectivity index (χ0n) is 13.9. The van der Waals surface area contributed by atoms with Gasteiger partial charge in [0.05, 0.1) is 18.3 Å². The molecule has 5 nitrogen and oxygen atoms in total. The summed E-state index contributed by atoms with van der Waals surface area (Å²) in [4.78, 5) is 24.6. The molecule has 0 spiro atoms. The Bertz CT molecular complexity index is 1010. The van der Waals surface area contributed by atoms with E-state index in [9.17, 15) is 9.59 Å². The van der Waals surface area contributed by atoms with Gasteiger partial charge in [0.1, 0.15) is 5.69 Å². The van der Waals surface area contributed by atoms with Crippen molar-refractivity contribution >= 4 is 17.6 Å². The predicted molar refractivity (Wildman–Crippen MR) is 97.8 cm³/mol. The molecule has 0 radical (unpaired) electrons. The van der Waals surface area contributed by atoms with Gasteiger partial charge in [-0.1, -0.05) is 65.9 Å². The maximum Gasteiger partial charge on any atom is 0.197 e. The van der Waals surface area contributed by atoms with Gasteiger partial charge >= 0.3 is 0 Å². The summed E-state index contributed by atoms with van der Waals surface area (Å²) in [6.45, 7) is 0.634. The third-order valence-electron chi connectivity index (χ3n) is 4.18. The minimum Gasteiger partial charge on any atom is -0.288 e. The quantitative estimate of drug-likeness (QED) is 0.539. The number of rotatable bonds is 4. The number of nitrogens with zero attached hydrogens (tertiary/aromatic N) is 3. The molecule has 0 bridgehead atoms. The van der Waals surface area contributed by atoms with E-state index in [1.54, 1.807) is 47.2 Å². The second-order valence-electron chi connectivity index (χ2n) is 5.97. The van der Waals surface area contributed by atoms with E-state index in [0.717, 1.165) is 5.56 Å². The summed E-state index contributed by atoms with van der Waals surface area (Å²) in [7, 11) is 0. The van der Waals surface area contributed by atoms with Crippen molar-refractivity contribution in [1.29, 1.82) is 0 Å². The fraction of sp³-hybridized carbons (Fsp3) is 0.0476. The smallest absolute Gasteiger partial charge is 0.197 e. The van der Waals surface area contributed by atoms with Crippen LogP contribution in [0.2, 0.25) is 0 Å². The van der Waals surface area contributed by atoms with Gasteiger partial charge in [-0.2, -0.15) is 0 Å². The van der Waals surface area contributed by atoms with Crippen LogP contribution in [0.1, 0.15) is 32.0 Å². The maximum atomic E-state index is 12.3. The first kappa shape index (κ1) is 15.9. The molecule has 0 N–H and O–H groups in total. The Hall–Kier alpha value is -3.60. The third kappa shape index (κ3) is 3.02. The van der Waals surface area contributed by atoms with E-state index < -0.39 is 0 Å². The summed E-state index contributed by atoms with van der Waals surface area (Å²) in [5.74, 6) is -0.467. The summed E-state index contributed by atoms with van der Waals surface area (Å²) in [6, 6.07) is 16.8. The SMILES string of the molecule is O=C1C(=C/C=C/c2cn(Cc3ccccc3)nn2)C(=O)c2ccccc21. The molecule has 5 heteroatoms. The fourth-order valence-corrected chi connectivity index (χ4v) is 2.90. The highest BCUT2D eigenvalue weighted by Gasteiger charge is 2.31. The zero-order valence-corrected chi connectivity index (χ0v) is 13.9. The second kappa shape index (κ2) is 6.72. The topological polar surface area (TPSA) is 64.8 Å². The van der Waals surface area contributed by atoms with Gasteiger partial charge in [0.15, 0.2) is 11.6 Å². The number of benzene rings is 2. The van der Waals surface area contributed by atoms with Crippen molar-refractivity contribution in [2.75, 3.05) is 0 Å². The number of ketones is 2. The summed E-state index contributed by atoms with van der Waals surface area (Å²) in [5.41, 5.74) is 2.90. The van der Waals surface area contributed by atoms with Gasteiger partial charge < -0.3 is 0 Å². The van der Waals surface area contributed by atoms with Crippen LogP contribution in [0.3, 0.4) is 0 Å². The lowest BCUT2D eigenvalue weighted by Crippen LogP contribution is -1.99. The molecule has 126 valence electrons. The molecular weight excluding hydrogens is 326 g/mol. The van der Waals surface area contributed by atoms with Gasteiger partial charge in [-0.25, -0.2) is 4.68 Å². The fourth-order valence-electron chi connectivity index (χ4n) is 2.90. The van der Waals surface area contributed by atoms with Crippen molar-refractivity contribution in [1.82, 2.24) is 15.0 Å². The molecule has 26 heavy (non-hydrogen) atoms. The minimum atomic E-state index is -0.233. The molecule has 3 aromatic rings. The van der Waals surface area contributed by atoms with Gasteiger partial charge in [0, 0.05) is 11.1 Å². The summed E-state index contributed by atoms with van der Waals surface area (Å²) >= 11 is 0. The van der Waals surface area contributed by atoms with Crippen LogP contribution < -0.4 is 0 Å². The predicted octanol–water partition coefficient (Wildman–Crippen LogP) is 3.35. The molecule has 0 saturated heterocycles. The third-order valence-corrected chi connectivity index (χ3v) is 4.18. The van der Waals surface area contributed by atoms with Gasteiger partial charge in [-0.15, -0.1) is 5.10 Å². The lowest BCUT2D eigenvalue weighted by Gasteiger charge is -1.98. The number of hydrogen-bond donors (Lipinski definition) is 0. The summed E-state index contributed by atoms with van der Waals surface area (Å²) in [6.07, 6.45) is 6.74. The molecule has 1 aromatic heterocycles. The number of aromatic nitrogens is 3. The molecule has 2 aromatic carbocycles. The van der Waals surface area contributed by atoms with E-state index in [-0.39, 0.29) is 17.1 Å². The standard InChI is InChI=1S/C21H15N3O2/c25-20-17-10-4-5-11-18(17)21(26)19(20)12-6-9-16-14-24(23-22-16)13-15-7-2-1-3-8-15/h1-12,14H,13H2/b9-6+. The van der Waals surface area contributed by atoms with Crippen LogP contribution in [0.5, 0.6) is 0 Å². The molecule has 0 atom stereocenters. The lowest BCUT2D eigenvalue weighted by molar-refractivity contribution is 0.0989. The number of hydrogen-bond acceptors (Lipinski definition) is 4. The van der Waals surface area contributed by atoms with Crippen molar-refractivity contribution < 1.29 is 9.59 Å². The molecule has 4 rings (SSSR count). The average Bonchev–Trinajstić information content (AvgIpc) is 3.21. The van der Waals surface area contributed by atoms with E-state index in [0.29, 0.717) is 23.4 Å². The van der Waals surface area contributed by atoms with Crippen molar-refractivity contribution in [2.24, 2.45) is 0 Å². The van der Waals surface area contributed by atoms with E-state index >= 15 is 0 Å². The molecule has 0 saturated carbocycles. The highest BCUT2D eigenvalue weighted by atomic mass is 16.2. The second-order valence-corrected chi connectivity index (χ2v) is 5.97. The van der Waals surface area contributed by atoms with Crippen molar-refractivity contribution in [3.05, 3.63) is 101 Å². The number of fused-ring (bicyclic) bond motifs is 1. The van der Waals surface area contributed by atoms with Crippen LogP contribution in [0, 0.1) is 0 Å². The Labute approximate surface area is 150 Å². The van der Waals surface area contributed by atoms with Crippen LogP contribution in [0.25, 0.3) is 6.08 Å². The van der Waals surface area contributed by atoms with E-state index in [1.807, 2.05) is 36.5 Å². The zero-order chi connectivity index (χ0) is 17.9. The first-order valence-electron chi connectivity index (χ1n) is 8.23. The van der Waals surface area contributed by atoms with E-state index in [4.69, 9.17) is 0 Å². The first-order valence-corrected chi connectivity index (χ1v) is 8.23. The normalized spacial score (nSPS) is 13.5. The highest BCUT2D eigenvalue weighted by molar-refractivity contribution is 6.39. The number of Topliss-reactive ketones (excluding diaryl/α,β-unsaturated/α-hetero) is 2. The molecular formula is C21H15N3O2. The largest absolute Gasteiger partial charge is 0.288 e. The van der Waals surface area contributed by atoms with Crippen LogP contribution in [0.15, 0.2) is 78.5 Å². The van der Waals surface area contributed by atoms with Crippen LogP contribution in [-0.2, 0) is 6.54 Å². The Morgan fingerprint density at radius 1 is 0.885 bits per heavy atom. The summed E-state index contributed by atoms with van der Waals surface area (Å²) < 4.78 is 1.74. The number of carbonyl (C=O) groups excluding carboxylic acids is 2. The van der Waals surface area contributed by atoms with Gasteiger partial charge in [-0.3, -0.25) is 9.59 Å². The Morgan fingerprint density at radius 2 is 1.54 bits per heavy atom. The van der Waals surface area contributed by atoms with Crippen molar-refractivity contribution in [2.45, 2.75) is 6.54 Å². The lowest BCUT2D eigenvalue weighted by atomic mass is 10.1. The molecule has 1 aliphatic rings. The number of allylic oxidation sites excluding steroid dienone is 3. The van der Waals surface area contributed by atoms with E-state index in [2.05, 4.69) is 10.3 Å². The highest BCUT2D eigenvalue weighted by Crippen LogP contribution is 2.26. The molecule has 0 aliphatic heterocycles. The monoisotopic (exact) mass is 341 g/mol. The van der Waals surface area contributed by atoms with Crippen LogP contribution in [-0.4, -0.2) is 26.6 Å². The molecule has 0 unspecified atom stereocenters. The van der Waals surface area contributed by atoms with Crippen LogP contribution >= 0.6 is 0 Å². The van der Waals surface area contributed by atoms with Gasteiger partial charge in [0.2, 0.25) is 0 Å². The Kier molecular flexibility index (Phi) is 4.11. The molecule has 1 aliphatic carbocycles. The van der Waals surface area contributed by atoms with Crippen molar-refractivity contribution in [3.63, 3.8) is 0 Å². The Balaban J connectivity index is 1.49. The van der Waals surface area contributed by atoms with Crippen LogP contribution in [0.4, 0.5) is 0 Å². The maximum absolute atomic E-state index is 12.3.